The molecule has 1 N–H and O–H groups in total. The Morgan fingerprint density at radius 3 is 2.15 bits per heavy atom. The van der Waals surface area contributed by atoms with Crippen molar-refractivity contribution >= 4 is 50.7 Å². The molecular weight excluding hydrogens is 576 g/mol. The number of halogens is 3. The lowest BCUT2D eigenvalue weighted by atomic mass is 10.1. The Morgan fingerprint density at radius 2 is 1.57 bits per heavy atom. The van der Waals surface area contributed by atoms with Crippen LogP contribution in [0.2, 0.25) is 10.0 Å². The number of rotatable bonds is 11. The third-order valence-corrected chi connectivity index (χ3v) is 9.03. The maximum Gasteiger partial charge on any atom is 0.264 e. The number of sulfonamides is 1. The van der Waals surface area contributed by atoms with E-state index in [1.807, 2.05) is 20.8 Å². The summed E-state index contributed by atoms with van der Waals surface area (Å²) in [6.07, 6.45) is 0.691. The van der Waals surface area contributed by atoms with E-state index >= 15 is 0 Å². The van der Waals surface area contributed by atoms with E-state index in [2.05, 4.69) is 5.32 Å². The van der Waals surface area contributed by atoms with Crippen molar-refractivity contribution in [1.29, 1.82) is 0 Å². The van der Waals surface area contributed by atoms with Gasteiger partial charge in [0.2, 0.25) is 11.8 Å². The molecule has 0 radical (unpaired) electrons. The van der Waals surface area contributed by atoms with Gasteiger partial charge in [0.05, 0.1) is 20.6 Å². The van der Waals surface area contributed by atoms with E-state index in [1.165, 1.54) is 4.90 Å². The molecule has 0 spiro atoms. The van der Waals surface area contributed by atoms with Crippen LogP contribution in [-0.2, 0) is 26.2 Å². The molecule has 0 aliphatic rings. The molecule has 0 saturated heterocycles. The maximum absolute atomic E-state index is 13.9. The molecule has 3 aromatic rings. The molecule has 214 valence electrons. The van der Waals surface area contributed by atoms with Crippen LogP contribution in [0.3, 0.4) is 0 Å². The summed E-state index contributed by atoms with van der Waals surface area (Å²) >= 11 is 12.3. The van der Waals surface area contributed by atoms with Gasteiger partial charge in [-0.25, -0.2) is 12.8 Å². The quantitative estimate of drug-likeness (QED) is 0.291. The zero-order valence-electron chi connectivity index (χ0n) is 22.7. The molecule has 0 aliphatic carbocycles. The lowest BCUT2D eigenvalue weighted by molar-refractivity contribution is -0.139. The molecule has 2 atom stereocenters. The van der Waals surface area contributed by atoms with Crippen LogP contribution in [0.5, 0.6) is 0 Å². The summed E-state index contributed by atoms with van der Waals surface area (Å²) in [5, 5.41) is 3.49. The fourth-order valence-corrected chi connectivity index (χ4v) is 5.59. The van der Waals surface area contributed by atoms with Crippen LogP contribution in [0.25, 0.3) is 0 Å². The Labute approximate surface area is 244 Å². The maximum atomic E-state index is 13.9. The molecule has 0 fully saturated rings. The lowest BCUT2D eigenvalue weighted by Crippen LogP contribution is -2.52. The highest BCUT2D eigenvalue weighted by atomic mass is 35.5. The number of hydrogen-bond donors (Lipinski definition) is 1. The largest absolute Gasteiger partial charge is 0.352 e. The van der Waals surface area contributed by atoms with Crippen LogP contribution in [0.1, 0.15) is 38.3 Å². The van der Waals surface area contributed by atoms with Crippen molar-refractivity contribution in [2.45, 2.75) is 57.6 Å². The molecule has 3 aromatic carbocycles. The number of amides is 2. The minimum atomic E-state index is -4.29. The van der Waals surface area contributed by atoms with Gasteiger partial charge in [0.15, 0.2) is 0 Å². The minimum absolute atomic E-state index is 0.0247. The Kier molecular flexibility index (Phi) is 10.6. The van der Waals surface area contributed by atoms with Gasteiger partial charge in [0.25, 0.3) is 10.0 Å². The Balaban J connectivity index is 2.03. The number of anilines is 1. The molecular formula is C29H32Cl2FN3O4S. The van der Waals surface area contributed by atoms with Crippen LogP contribution in [0, 0.1) is 12.7 Å². The topological polar surface area (TPSA) is 86.8 Å². The number of hydrogen-bond acceptors (Lipinski definition) is 4. The zero-order chi connectivity index (χ0) is 29.6. The van der Waals surface area contributed by atoms with Crippen molar-refractivity contribution in [2.24, 2.45) is 0 Å². The van der Waals surface area contributed by atoms with E-state index < -0.39 is 34.3 Å². The predicted octanol–water partition coefficient (Wildman–Crippen LogP) is 5.97. The third kappa shape index (κ3) is 7.74. The SMILES string of the molecule is CC[C@@H](C)NC(=O)[C@H](C)N(Cc1ccc(Cl)c(Cl)c1)C(=O)CN(c1ccc(C)cc1)S(=O)(=O)c1ccc(F)cc1. The number of nitrogens with zero attached hydrogens (tertiary/aromatic N) is 2. The van der Waals surface area contributed by atoms with E-state index in [9.17, 15) is 22.4 Å². The Morgan fingerprint density at radius 1 is 0.950 bits per heavy atom. The van der Waals surface area contributed by atoms with Gasteiger partial charge in [-0.05, 0) is 81.3 Å². The van der Waals surface area contributed by atoms with E-state index in [-0.39, 0.29) is 34.1 Å². The van der Waals surface area contributed by atoms with Crippen molar-refractivity contribution < 1.29 is 22.4 Å². The monoisotopic (exact) mass is 607 g/mol. The van der Waals surface area contributed by atoms with Gasteiger partial charge >= 0.3 is 0 Å². The molecule has 0 heterocycles. The highest BCUT2D eigenvalue weighted by molar-refractivity contribution is 7.92. The van der Waals surface area contributed by atoms with Crippen molar-refractivity contribution in [3.8, 4) is 0 Å². The van der Waals surface area contributed by atoms with Crippen LogP contribution in [-0.4, -0.2) is 43.8 Å². The van der Waals surface area contributed by atoms with Gasteiger partial charge in [0, 0.05) is 12.6 Å². The fourth-order valence-electron chi connectivity index (χ4n) is 3.86. The van der Waals surface area contributed by atoms with Gasteiger partial charge in [0.1, 0.15) is 18.4 Å². The first kappa shape index (κ1) is 31.4. The first-order valence-corrected chi connectivity index (χ1v) is 14.9. The summed E-state index contributed by atoms with van der Waals surface area (Å²) < 4.78 is 42.0. The Hall–Kier alpha value is -3.14. The first-order valence-electron chi connectivity index (χ1n) is 12.7. The van der Waals surface area contributed by atoms with E-state index in [4.69, 9.17) is 23.2 Å². The molecule has 0 aliphatic heterocycles. The summed E-state index contributed by atoms with van der Waals surface area (Å²) in [6, 6.07) is 14.8. The second-order valence-corrected chi connectivity index (χ2v) is 12.2. The highest BCUT2D eigenvalue weighted by Gasteiger charge is 2.33. The molecule has 2 amide bonds. The molecule has 0 aromatic heterocycles. The second kappa shape index (κ2) is 13.5. The van der Waals surface area contributed by atoms with Gasteiger partial charge in [-0.15, -0.1) is 0 Å². The van der Waals surface area contributed by atoms with Crippen molar-refractivity contribution in [3.63, 3.8) is 0 Å². The standard InChI is InChI=1S/C29H32Cl2FN3O4S/c1-5-20(3)33-29(37)21(4)34(17-22-8-15-26(30)27(31)16-22)28(36)18-35(24-11-6-19(2)7-12-24)40(38,39)25-13-9-23(32)10-14-25/h6-16,20-21H,5,17-18H2,1-4H3,(H,33,37)/t20-,21+/m1/s1. The average Bonchev–Trinajstić information content (AvgIpc) is 2.92. The summed E-state index contributed by atoms with van der Waals surface area (Å²) in [5.74, 6) is -1.60. The summed E-state index contributed by atoms with van der Waals surface area (Å²) in [6.45, 7) is 6.58. The predicted molar refractivity (Wildman–Crippen MR) is 156 cm³/mol. The van der Waals surface area contributed by atoms with Crippen LogP contribution >= 0.6 is 23.2 Å². The van der Waals surface area contributed by atoms with E-state index in [0.29, 0.717) is 17.0 Å². The van der Waals surface area contributed by atoms with Crippen LogP contribution in [0.15, 0.2) is 71.6 Å². The van der Waals surface area contributed by atoms with Gasteiger partial charge < -0.3 is 10.2 Å². The van der Waals surface area contributed by atoms with E-state index in [1.54, 1.807) is 49.4 Å². The van der Waals surface area contributed by atoms with Crippen LogP contribution < -0.4 is 9.62 Å². The molecule has 0 unspecified atom stereocenters. The number of aryl methyl sites for hydroxylation is 1. The lowest BCUT2D eigenvalue weighted by Gasteiger charge is -2.32. The summed E-state index contributed by atoms with van der Waals surface area (Å²) in [4.78, 5) is 28.1. The molecule has 3 rings (SSSR count). The number of benzene rings is 3. The van der Waals surface area contributed by atoms with Gasteiger partial charge in [-0.2, -0.15) is 0 Å². The third-order valence-electron chi connectivity index (χ3n) is 6.51. The number of carbonyl (C=O) groups excluding carboxylic acids is 2. The Bertz CT molecular complexity index is 1450. The zero-order valence-corrected chi connectivity index (χ0v) is 25.0. The van der Waals surface area contributed by atoms with Crippen molar-refractivity contribution in [2.75, 3.05) is 10.8 Å². The molecule has 0 bridgehead atoms. The smallest absolute Gasteiger partial charge is 0.264 e. The van der Waals surface area contributed by atoms with Gasteiger partial charge in [-0.1, -0.05) is 53.9 Å². The van der Waals surface area contributed by atoms with Crippen LogP contribution in [0.4, 0.5) is 10.1 Å². The second-order valence-electron chi connectivity index (χ2n) is 9.57. The summed E-state index contributed by atoms with van der Waals surface area (Å²) in [7, 11) is -4.29. The average molecular weight is 609 g/mol. The highest BCUT2D eigenvalue weighted by Crippen LogP contribution is 2.27. The van der Waals surface area contributed by atoms with Crippen molar-refractivity contribution in [1.82, 2.24) is 10.2 Å². The normalized spacial score (nSPS) is 12.9. The number of carbonyl (C=O) groups is 2. The molecule has 40 heavy (non-hydrogen) atoms. The first-order chi connectivity index (χ1) is 18.8. The van der Waals surface area contributed by atoms with E-state index in [0.717, 1.165) is 34.1 Å². The fraction of sp³-hybridized carbons (Fsp3) is 0.310. The molecule has 7 nitrogen and oxygen atoms in total. The molecule has 11 heteroatoms. The summed E-state index contributed by atoms with van der Waals surface area (Å²) in [5.41, 5.74) is 1.74. The number of nitrogens with one attached hydrogen (secondary N) is 1. The van der Waals surface area contributed by atoms with Crippen molar-refractivity contribution in [3.05, 3.63) is 93.7 Å². The van der Waals surface area contributed by atoms with Gasteiger partial charge in [-0.3, -0.25) is 13.9 Å². The minimum Gasteiger partial charge on any atom is -0.352 e. The molecule has 0 saturated carbocycles.